The number of hydrogen-bond acceptors (Lipinski definition) is 8. The molecule has 1 aromatic rings. The maximum Gasteiger partial charge on any atom is 0.329 e. The highest BCUT2D eigenvalue weighted by Gasteiger charge is 2.16. The smallest absolute Gasteiger partial charge is 0.329 e. The van der Waals surface area contributed by atoms with Gasteiger partial charge in [0.25, 0.3) is 0 Å². The van der Waals surface area contributed by atoms with E-state index >= 15 is 0 Å². The molecular weight excluding hydrogens is 302 g/mol. The first-order chi connectivity index (χ1) is 11.2. The summed E-state index contributed by atoms with van der Waals surface area (Å²) in [6.07, 6.45) is 2.76. The second-order valence-electron chi connectivity index (χ2n) is 4.64. The Kier molecular flexibility index (Phi) is 9.57. The van der Waals surface area contributed by atoms with Gasteiger partial charge in [-0.25, -0.2) is 4.98 Å². The normalized spacial score (nSPS) is 10.5. The summed E-state index contributed by atoms with van der Waals surface area (Å²) < 4.78 is 10.5. The minimum absolute atomic E-state index is 0.138. The SMILES string of the molecule is CCOCCCNc1ncc([N+](=O)[O-])c(NCCCOCC)n1. The van der Waals surface area contributed by atoms with Gasteiger partial charge in [-0.2, -0.15) is 4.98 Å². The van der Waals surface area contributed by atoms with Crippen LogP contribution in [-0.2, 0) is 9.47 Å². The summed E-state index contributed by atoms with van der Waals surface area (Å²) in [4.78, 5) is 18.7. The molecule has 0 amide bonds. The zero-order chi connectivity index (χ0) is 16.9. The highest BCUT2D eigenvalue weighted by atomic mass is 16.6. The molecule has 0 bridgehead atoms. The lowest BCUT2D eigenvalue weighted by Gasteiger charge is -2.09. The van der Waals surface area contributed by atoms with Gasteiger partial charge >= 0.3 is 5.69 Å². The van der Waals surface area contributed by atoms with Crippen molar-refractivity contribution in [1.82, 2.24) is 9.97 Å². The summed E-state index contributed by atoms with van der Waals surface area (Å²) in [5.74, 6) is 0.577. The molecule has 1 heterocycles. The largest absolute Gasteiger partial charge is 0.382 e. The van der Waals surface area contributed by atoms with E-state index in [4.69, 9.17) is 9.47 Å². The van der Waals surface area contributed by atoms with Crippen LogP contribution in [0.15, 0.2) is 6.20 Å². The molecule has 0 fully saturated rings. The Morgan fingerprint density at radius 2 is 1.74 bits per heavy atom. The van der Waals surface area contributed by atoms with Crippen molar-refractivity contribution in [1.29, 1.82) is 0 Å². The van der Waals surface area contributed by atoms with Crippen LogP contribution in [0.4, 0.5) is 17.5 Å². The minimum Gasteiger partial charge on any atom is -0.382 e. The van der Waals surface area contributed by atoms with Gasteiger partial charge in [-0.15, -0.1) is 0 Å². The molecule has 1 aromatic heterocycles. The van der Waals surface area contributed by atoms with Gasteiger partial charge in [-0.1, -0.05) is 0 Å². The van der Waals surface area contributed by atoms with Crippen molar-refractivity contribution in [3.05, 3.63) is 16.3 Å². The number of ether oxygens (including phenoxy) is 2. The van der Waals surface area contributed by atoms with Crippen LogP contribution in [0.5, 0.6) is 0 Å². The van der Waals surface area contributed by atoms with E-state index < -0.39 is 4.92 Å². The number of hydrogen-bond donors (Lipinski definition) is 2. The molecule has 0 saturated heterocycles. The lowest BCUT2D eigenvalue weighted by Crippen LogP contribution is -2.12. The average Bonchev–Trinajstić information content (AvgIpc) is 2.54. The molecule has 0 atom stereocenters. The first kappa shape index (κ1) is 19.0. The van der Waals surface area contributed by atoms with Crippen molar-refractivity contribution in [2.45, 2.75) is 26.7 Å². The highest BCUT2D eigenvalue weighted by molar-refractivity contribution is 5.56. The summed E-state index contributed by atoms with van der Waals surface area (Å²) >= 11 is 0. The number of nitro groups is 1. The van der Waals surface area contributed by atoms with Crippen LogP contribution in [0.1, 0.15) is 26.7 Å². The maximum absolute atomic E-state index is 11.0. The lowest BCUT2D eigenvalue weighted by atomic mass is 10.4. The van der Waals surface area contributed by atoms with Gasteiger partial charge in [0.2, 0.25) is 11.8 Å². The van der Waals surface area contributed by atoms with E-state index in [1.54, 1.807) is 0 Å². The van der Waals surface area contributed by atoms with Gasteiger partial charge in [0.05, 0.1) is 4.92 Å². The van der Waals surface area contributed by atoms with Crippen molar-refractivity contribution in [2.24, 2.45) is 0 Å². The average molecular weight is 327 g/mol. The fraction of sp³-hybridized carbons (Fsp3) is 0.714. The summed E-state index contributed by atoms with van der Waals surface area (Å²) in [5.41, 5.74) is -0.138. The Hall–Kier alpha value is -2.00. The molecule has 0 aliphatic rings. The van der Waals surface area contributed by atoms with Crippen LogP contribution in [0.2, 0.25) is 0 Å². The Labute approximate surface area is 135 Å². The molecule has 2 N–H and O–H groups in total. The maximum atomic E-state index is 11.0. The molecule has 0 aliphatic carbocycles. The zero-order valence-corrected chi connectivity index (χ0v) is 13.7. The van der Waals surface area contributed by atoms with E-state index in [9.17, 15) is 10.1 Å². The van der Waals surface area contributed by atoms with Crippen molar-refractivity contribution < 1.29 is 14.4 Å². The van der Waals surface area contributed by atoms with Gasteiger partial charge in [-0.05, 0) is 26.7 Å². The summed E-state index contributed by atoms with van der Waals surface area (Å²) in [6, 6.07) is 0. The van der Waals surface area contributed by atoms with Gasteiger partial charge in [0, 0.05) is 39.5 Å². The third-order valence-electron chi connectivity index (χ3n) is 2.88. The molecule has 0 aromatic carbocycles. The fourth-order valence-electron chi connectivity index (χ4n) is 1.77. The van der Waals surface area contributed by atoms with Gasteiger partial charge < -0.3 is 20.1 Å². The van der Waals surface area contributed by atoms with Gasteiger partial charge in [-0.3, -0.25) is 10.1 Å². The van der Waals surface area contributed by atoms with E-state index in [1.807, 2.05) is 13.8 Å². The van der Waals surface area contributed by atoms with Gasteiger partial charge in [0.15, 0.2) is 0 Å². The zero-order valence-electron chi connectivity index (χ0n) is 13.7. The third kappa shape index (κ3) is 7.71. The van der Waals surface area contributed by atoms with E-state index in [1.165, 1.54) is 6.20 Å². The van der Waals surface area contributed by atoms with Crippen molar-refractivity contribution in [2.75, 3.05) is 50.2 Å². The monoisotopic (exact) mass is 327 g/mol. The molecule has 9 heteroatoms. The predicted molar refractivity (Wildman–Crippen MR) is 87.9 cm³/mol. The predicted octanol–water partition coefficient (Wildman–Crippen LogP) is 2.06. The molecule has 130 valence electrons. The number of rotatable bonds is 13. The van der Waals surface area contributed by atoms with Crippen molar-refractivity contribution >= 4 is 17.5 Å². The highest BCUT2D eigenvalue weighted by Crippen LogP contribution is 2.21. The second-order valence-corrected chi connectivity index (χ2v) is 4.64. The number of nitrogens with one attached hydrogen (secondary N) is 2. The quantitative estimate of drug-likeness (QED) is 0.322. The van der Waals surface area contributed by atoms with Crippen LogP contribution in [0.3, 0.4) is 0 Å². The van der Waals surface area contributed by atoms with Crippen LogP contribution in [0, 0.1) is 10.1 Å². The molecule has 1 rings (SSSR count). The Morgan fingerprint density at radius 1 is 1.13 bits per heavy atom. The lowest BCUT2D eigenvalue weighted by molar-refractivity contribution is -0.384. The molecule has 0 radical (unpaired) electrons. The van der Waals surface area contributed by atoms with Crippen LogP contribution >= 0.6 is 0 Å². The topological polar surface area (TPSA) is 111 Å². The van der Waals surface area contributed by atoms with Crippen molar-refractivity contribution in [3.8, 4) is 0 Å². The molecular formula is C14H25N5O4. The van der Waals surface area contributed by atoms with Gasteiger partial charge in [0.1, 0.15) is 6.20 Å². The molecule has 9 nitrogen and oxygen atoms in total. The molecule has 0 spiro atoms. The second kappa shape index (κ2) is 11.6. The van der Waals surface area contributed by atoms with E-state index in [0.29, 0.717) is 45.5 Å². The van der Waals surface area contributed by atoms with E-state index in [0.717, 1.165) is 12.8 Å². The number of aromatic nitrogens is 2. The summed E-state index contributed by atoms with van der Waals surface area (Å²) in [6.45, 7) is 7.64. The fourth-order valence-corrected chi connectivity index (χ4v) is 1.77. The van der Waals surface area contributed by atoms with Crippen LogP contribution < -0.4 is 10.6 Å². The summed E-state index contributed by atoms with van der Waals surface area (Å²) in [7, 11) is 0. The first-order valence-corrected chi connectivity index (χ1v) is 7.83. The Bertz CT molecular complexity index is 472. The Balaban J connectivity index is 2.54. The third-order valence-corrected chi connectivity index (χ3v) is 2.88. The molecule has 0 aliphatic heterocycles. The van der Waals surface area contributed by atoms with E-state index in [-0.39, 0.29) is 11.5 Å². The first-order valence-electron chi connectivity index (χ1n) is 7.83. The van der Waals surface area contributed by atoms with Crippen molar-refractivity contribution in [3.63, 3.8) is 0 Å². The molecule has 0 saturated carbocycles. The van der Waals surface area contributed by atoms with Crippen LogP contribution in [0.25, 0.3) is 0 Å². The number of anilines is 2. The molecule has 0 unspecified atom stereocenters. The minimum atomic E-state index is -0.496. The molecule has 23 heavy (non-hydrogen) atoms. The Morgan fingerprint density at radius 3 is 2.30 bits per heavy atom. The standard InChI is InChI=1S/C14H25N5O4/c1-3-22-9-5-7-15-13-12(19(20)21)11-17-14(18-13)16-8-6-10-23-4-2/h11H,3-10H2,1-2H3,(H2,15,16,17,18). The summed E-state index contributed by atoms with van der Waals surface area (Å²) in [5, 5.41) is 17.0. The van der Waals surface area contributed by atoms with E-state index in [2.05, 4.69) is 20.6 Å². The number of nitrogens with zero attached hydrogens (tertiary/aromatic N) is 3. The van der Waals surface area contributed by atoms with Crippen LogP contribution in [-0.4, -0.2) is 54.4 Å².